The summed E-state index contributed by atoms with van der Waals surface area (Å²) in [7, 11) is -3.68. The SMILES string of the molecule is C=CCCC(=O)C(=O)C(CC(=O)[C@@H]1[C@@H]2[C@H](CN1C(=O)[C@@H](NC(=O)N[C@H](CN1Cc3sccc3S1(=O)=O)C(C)(C)C)C1CCCCC1)C2(C)C)CC1CC1. The predicted octanol–water partition coefficient (Wildman–Crippen LogP) is 5.88. The van der Waals surface area contributed by atoms with Gasteiger partial charge in [-0.25, -0.2) is 13.2 Å². The fourth-order valence-corrected chi connectivity index (χ4v) is 12.1. The summed E-state index contributed by atoms with van der Waals surface area (Å²) >= 11 is 1.40. The molecule has 1 saturated heterocycles. The van der Waals surface area contributed by atoms with Gasteiger partial charge in [-0.2, -0.15) is 4.31 Å². The second-order valence-electron chi connectivity index (χ2n) is 18.0. The quantitative estimate of drug-likeness (QED) is 0.158. The number of allylic oxidation sites excluding steroid dienone is 1. The van der Waals surface area contributed by atoms with Gasteiger partial charge in [0.05, 0.1) is 10.9 Å². The Bertz CT molecular complexity index is 1720. The van der Waals surface area contributed by atoms with Crippen molar-refractivity contribution in [3.63, 3.8) is 0 Å². The molecule has 3 heterocycles. The van der Waals surface area contributed by atoms with E-state index in [9.17, 15) is 32.4 Å². The largest absolute Gasteiger partial charge is 0.334 e. The van der Waals surface area contributed by atoms with Crippen LogP contribution in [-0.4, -0.2) is 78.1 Å². The number of thiophene rings is 1. The number of sulfonamides is 1. The van der Waals surface area contributed by atoms with Gasteiger partial charge in [-0.1, -0.05) is 72.8 Å². The molecule has 53 heavy (non-hydrogen) atoms. The van der Waals surface area contributed by atoms with E-state index < -0.39 is 57.1 Å². The molecule has 2 aliphatic heterocycles. The molecule has 13 heteroatoms. The lowest BCUT2D eigenvalue weighted by Gasteiger charge is -2.38. The molecule has 6 atom stereocenters. The molecule has 1 unspecified atom stereocenters. The number of hydrogen-bond acceptors (Lipinski definition) is 8. The third-order valence-electron chi connectivity index (χ3n) is 12.9. The Balaban J connectivity index is 1.20. The van der Waals surface area contributed by atoms with Crippen LogP contribution in [0.4, 0.5) is 4.79 Å². The Morgan fingerprint density at radius 3 is 2.38 bits per heavy atom. The van der Waals surface area contributed by atoms with Gasteiger partial charge in [-0.3, -0.25) is 19.2 Å². The van der Waals surface area contributed by atoms with Gasteiger partial charge in [-0.15, -0.1) is 17.9 Å². The second-order valence-corrected chi connectivity index (χ2v) is 20.9. The van der Waals surface area contributed by atoms with E-state index in [0.29, 0.717) is 30.2 Å². The highest BCUT2D eigenvalue weighted by Gasteiger charge is 2.69. The smallest absolute Gasteiger partial charge is 0.315 e. The molecule has 0 aromatic carbocycles. The van der Waals surface area contributed by atoms with E-state index in [4.69, 9.17) is 0 Å². The van der Waals surface area contributed by atoms with Gasteiger partial charge in [0, 0.05) is 49.3 Å². The zero-order valence-corrected chi connectivity index (χ0v) is 33.7. The molecule has 2 N–H and O–H groups in total. The minimum absolute atomic E-state index is 0.0520. The van der Waals surface area contributed by atoms with E-state index >= 15 is 0 Å². The molecule has 3 saturated carbocycles. The van der Waals surface area contributed by atoms with E-state index in [-0.39, 0.29) is 60.8 Å². The molecule has 3 amide bonds. The highest BCUT2D eigenvalue weighted by atomic mass is 32.2. The molecule has 4 fully saturated rings. The van der Waals surface area contributed by atoms with Crippen LogP contribution in [0.25, 0.3) is 0 Å². The van der Waals surface area contributed by atoms with Gasteiger partial charge in [0.25, 0.3) is 0 Å². The van der Waals surface area contributed by atoms with Gasteiger partial charge in [0.2, 0.25) is 21.7 Å². The predicted molar refractivity (Wildman–Crippen MR) is 203 cm³/mol. The molecule has 0 radical (unpaired) electrons. The molecule has 11 nitrogen and oxygen atoms in total. The van der Waals surface area contributed by atoms with Crippen LogP contribution in [0.2, 0.25) is 0 Å². The van der Waals surface area contributed by atoms with Crippen LogP contribution in [0.15, 0.2) is 29.0 Å². The maximum Gasteiger partial charge on any atom is 0.315 e. The van der Waals surface area contributed by atoms with Crippen molar-refractivity contribution in [2.45, 2.75) is 135 Å². The van der Waals surface area contributed by atoms with Crippen molar-refractivity contribution in [1.82, 2.24) is 19.8 Å². The maximum atomic E-state index is 14.8. The Morgan fingerprint density at radius 2 is 1.75 bits per heavy atom. The number of nitrogens with zero attached hydrogens (tertiary/aromatic N) is 2. The second kappa shape index (κ2) is 15.3. The Labute approximate surface area is 319 Å². The first-order valence-electron chi connectivity index (χ1n) is 19.6. The number of rotatable bonds is 16. The van der Waals surface area contributed by atoms with Crippen LogP contribution in [0.3, 0.4) is 0 Å². The summed E-state index contributed by atoms with van der Waals surface area (Å²) in [6.07, 6.45) is 8.98. The van der Waals surface area contributed by atoms with E-state index in [1.807, 2.05) is 20.8 Å². The van der Waals surface area contributed by atoms with Crippen molar-refractivity contribution in [1.29, 1.82) is 0 Å². The van der Waals surface area contributed by atoms with Crippen LogP contribution in [0, 0.1) is 40.4 Å². The van der Waals surface area contributed by atoms with Crippen LogP contribution in [0.5, 0.6) is 0 Å². The molecule has 0 bridgehead atoms. The summed E-state index contributed by atoms with van der Waals surface area (Å²) in [5.41, 5.74) is -0.648. The Kier molecular flexibility index (Phi) is 11.5. The summed E-state index contributed by atoms with van der Waals surface area (Å²) in [5, 5.41) is 7.85. The van der Waals surface area contributed by atoms with Crippen LogP contribution < -0.4 is 10.6 Å². The molecular formula is C40H58N4O7S2. The average Bonchev–Trinajstić information content (AvgIpc) is 3.78. The fraction of sp³-hybridized carbons (Fsp3) is 0.725. The lowest BCUT2D eigenvalue weighted by atomic mass is 9.82. The zero-order chi connectivity index (χ0) is 38.5. The topological polar surface area (TPSA) is 150 Å². The first kappa shape index (κ1) is 39.8. The third kappa shape index (κ3) is 8.37. The molecule has 5 aliphatic rings. The fourth-order valence-electron chi connectivity index (χ4n) is 9.20. The number of piperidine rings is 1. The summed E-state index contributed by atoms with van der Waals surface area (Å²) in [4.78, 5) is 72.0. The third-order valence-corrected chi connectivity index (χ3v) is 15.8. The molecule has 292 valence electrons. The highest BCUT2D eigenvalue weighted by molar-refractivity contribution is 7.89. The minimum atomic E-state index is -3.68. The van der Waals surface area contributed by atoms with E-state index in [1.165, 1.54) is 15.6 Å². The first-order chi connectivity index (χ1) is 24.9. The van der Waals surface area contributed by atoms with Gasteiger partial charge in [0.15, 0.2) is 11.6 Å². The summed E-state index contributed by atoms with van der Waals surface area (Å²) < 4.78 is 28.0. The normalized spacial score (nSPS) is 26.5. The van der Waals surface area contributed by atoms with Crippen molar-refractivity contribution in [2.75, 3.05) is 13.1 Å². The molecule has 0 spiro atoms. The lowest BCUT2D eigenvalue weighted by molar-refractivity contribution is -0.144. The Hall–Kier alpha value is -2.90. The standard InChI is InChI=1S/C40H58N4O7S2/c1-7-8-14-28(45)36(47)26(19-24-15-16-24)20-29(46)35-33-27(40(33,5)6)21-44(35)37(48)34(25-12-10-9-11-13-25)42-38(49)41-32(39(2,3)4)23-43-22-30-31(17-18-52-30)53(43,50)51/h7,17-18,24-27,32-35H,1,8-16,19-23H2,2-6H3,(H2,41,42,49)/t26?,27-,32+,33-,34-,35+/m0/s1. The van der Waals surface area contributed by atoms with Crippen LogP contribution in [0.1, 0.15) is 110 Å². The number of fused-ring (bicyclic) bond motifs is 2. The van der Waals surface area contributed by atoms with Crippen molar-refractivity contribution in [3.05, 3.63) is 29.0 Å². The highest BCUT2D eigenvalue weighted by Crippen LogP contribution is 2.65. The van der Waals surface area contributed by atoms with Crippen molar-refractivity contribution < 1.29 is 32.4 Å². The molecule has 1 aromatic heterocycles. The number of carbonyl (C=O) groups excluding carboxylic acids is 5. The number of carbonyl (C=O) groups is 5. The number of amides is 3. The monoisotopic (exact) mass is 770 g/mol. The molecule has 3 aliphatic carbocycles. The Morgan fingerprint density at radius 1 is 1.06 bits per heavy atom. The summed E-state index contributed by atoms with van der Waals surface area (Å²) in [5.74, 6) is -1.80. The van der Waals surface area contributed by atoms with Gasteiger partial charge >= 0.3 is 6.03 Å². The van der Waals surface area contributed by atoms with Gasteiger partial charge in [-0.05, 0) is 71.6 Å². The van der Waals surface area contributed by atoms with E-state index in [0.717, 1.165) is 49.8 Å². The zero-order valence-electron chi connectivity index (χ0n) is 32.0. The van der Waals surface area contributed by atoms with Crippen molar-refractivity contribution >= 4 is 50.6 Å². The number of Topliss-reactive ketones (excluding diaryl/α,β-unsaturated/α-hetero) is 3. The van der Waals surface area contributed by atoms with Gasteiger partial charge < -0.3 is 15.5 Å². The number of ketones is 3. The molecule has 1 aromatic rings. The maximum absolute atomic E-state index is 14.8. The summed E-state index contributed by atoms with van der Waals surface area (Å²) in [6, 6.07) is -1.06. The lowest BCUT2D eigenvalue weighted by Crippen LogP contribution is -2.60. The minimum Gasteiger partial charge on any atom is -0.334 e. The number of urea groups is 1. The van der Waals surface area contributed by atoms with Crippen LogP contribution >= 0.6 is 11.3 Å². The van der Waals surface area contributed by atoms with Crippen molar-refractivity contribution in [3.8, 4) is 0 Å². The van der Waals surface area contributed by atoms with Crippen molar-refractivity contribution in [2.24, 2.45) is 40.4 Å². The van der Waals surface area contributed by atoms with E-state index in [2.05, 4.69) is 31.1 Å². The van der Waals surface area contributed by atoms with E-state index in [1.54, 1.807) is 22.4 Å². The van der Waals surface area contributed by atoms with Crippen LogP contribution in [-0.2, 0) is 35.7 Å². The molecule has 6 rings (SSSR count). The number of nitrogens with one attached hydrogen (secondary N) is 2. The summed E-state index contributed by atoms with van der Waals surface area (Å²) in [6.45, 7) is 14.5. The van der Waals surface area contributed by atoms with Gasteiger partial charge in [0.1, 0.15) is 6.04 Å². The first-order valence-corrected chi connectivity index (χ1v) is 21.9. The molecular weight excluding hydrogens is 713 g/mol. The number of likely N-dealkylation sites (tertiary alicyclic amines) is 1. The number of hydrogen-bond donors (Lipinski definition) is 2. The average molecular weight is 771 g/mol.